The number of aromatic amines is 1. The van der Waals surface area contributed by atoms with E-state index >= 15 is 0 Å². The number of hydrogen-bond acceptors (Lipinski definition) is 3. The molecule has 0 saturated carbocycles. The molecule has 0 amide bonds. The lowest BCUT2D eigenvalue weighted by molar-refractivity contribution is 0.695. The smallest absolute Gasteiger partial charge is 0.0532 e. The second kappa shape index (κ2) is 4.03. The van der Waals surface area contributed by atoms with Gasteiger partial charge in [-0.2, -0.15) is 5.10 Å². The molecule has 1 heterocycles. The fraction of sp³-hybridized carbons (Fsp3) is 0.500. The first-order chi connectivity index (χ1) is 4.93. The molecule has 4 nitrogen and oxygen atoms in total. The molecule has 0 radical (unpaired) electrons. The van der Waals surface area contributed by atoms with Gasteiger partial charge in [-0.1, -0.05) is 0 Å². The molecule has 0 aromatic carbocycles. The summed E-state index contributed by atoms with van der Waals surface area (Å²) >= 11 is 0. The molecule has 4 heteroatoms. The van der Waals surface area contributed by atoms with E-state index in [0.717, 1.165) is 18.7 Å². The first-order valence-electron chi connectivity index (χ1n) is 3.32. The predicted molar refractivity (Wildman–Crippen MR) is 39.3 cm³/mol. The number of nitrogens with zero attached hydrogens (tertiary/aromatic N) is 1. The quantitative estimate of drug-likeness (QED) is 0.492. The molecule has 0 aliphatic rings. The molecule has 1 aromatic heterocycles. The van der Waals surface area contributed by atoms with Crippen LogP contribution in [-0.2, 0) is 6.54 Å². The molecule has 0 fully saturated rings. The molecular weight excluding hydrogens is 128 g/mol. The zero-order chi connectivity index (χ0) is 7.23. The average Bonchev–Trinajstić information content (AvgIpc) is 2.41. The summed E-state index contributed by atoms with van der Waals surface area (Å²) in [5.74, 6) is 0. The van der Waals surface area contributed by atoms with Crippen LogP contribution in [0.4, 0.5) is 0 Å². The lowest BCUT2D eigenvalue weighted by atomic mass is 10.3. The van der Waals surface area contributed by atoms with E-state index in [1.54, 1.807) is 6.20 Å². The summed E-state index contributed by atoms with van der Waals surface area (Å²) in [5.41, 5.74) is 6.44. The van der Waals surface area contributed by atoms with E-state index in [0.29, 0.717) is 6.54 Å². The van der Waals surface area contributed by atoms with Crippen LogP contribution in [0.5, 0.6) is 0 Å². The van der Waals surface area contributed by atoms with E-state index in [2.05, 4.69) is 15.5 Å². The summed E-state index contributed by atoms with van der Waals surface area (Å²) in [4.78, 5) is 0. The SMILES string of the molecule is NCCNCc1cn[nH]c1. The fourth-order valence-corrected chi connectivity index (χ4v) is 0.709. The first kappa shape index (κ1) is 7.24. The minimum absolute atomic E-state index is 0.678. The second-order valence-electron chi connectivity index (χ2n) is 2.07. The van der Waals surface area contributed by atoms with E-state index in [4.69, 9.17) is 5.73 Å². The van der Waals surface area contributed by atoms with Gasteiger partial charge in [-0.15, -0.1) is 0 Å². The highest BCUT2D eigenvalue weighted by atomic mass is 15.1. The molecule has 1 rings (SSSR count). The van der Waals surface area contributed by atoms with Crippen molar-refractivity contribution in [1.29, 1.82) is 0 Å². The fourth-order valence-electron chi connectivity index (χ4n) is 0.709. The summed E-state index contributed by atoms with van der Waals surface area (Å²) in [7, 11) is 0. The van der Waals surface area contributed by atoms with Gasteiger partial charge in [-0.3, -0.25) is 5.10 Å². The Kier molecular flexibility index (Phi) is 2.92. The topological polar surface area (TPSA) is 66.7 Å². The van der Waals surface area contributed by atoms with Crippen LogP contribution in [0.2, 0.25) is 0 Å². The van der Waals surface area contributed by atoms with Crippen LogP contribution in [0.1, 0.15) is 5.56 Å². The molecule has 0 atom stereocenters. The minimum atomic E-state index is 0.678. The van der Waals surface area contributed by atoms with Crippen molar-refractivity contribution in [1.82, 2.24) is 15.5 Å². The molecule has 0 saturated heterocycles. The van der Waals surface area contributed by atoms with Crippen molar-refractivity contribution < 1.29 is 0 Å². The van der Waals surface area contributed by atoms with Crippen molar-refractivity contribution in [3.63, 3.8) is 0 Å². The lowest BCUT2D eigenvalue weighted by Crippen LogP contribution is -2.21. The third-order valence-corrected chi connectivity index (χ3v) is 1.21. The maximum absolute atomic E-state index is 5.28. The van der Waals surface area contributed by atoms with Crippen LogP contribution in [0.3, 0.4) is 0 Å². The molecule has 4 N–H and O–H groups in total. The number of H-pyrrole nitrogens is 1. The third-order valence-electron chi connectivity index (χ3n) is 1.21. The molecule has 10 heavy (non-hydrogen) atoms. The van der Waals surface area contributed by atoms with Gasteiger partial charge in [0.1, 0.15) is 0 Å². The van der Waals surface area contributed by atoms with Gasteiger partial charge < -0.3 is 11.1 Å². The average molecular weight is 140 g/mol. The van der Waals surface area contributed by atoms with Gasteiger partial charge >= 0.3 is 0 Å². The van der Waals surface area contributed by atoms with Gasteiger partial charge in [0.15, 0.2) is 0 Å². The normalized spacial score (nSPS) is 10.1. The van der Waals surface area contributed by atoms with Crippen LogP contribution in [0.15, 0.2) is 12.4 Å². The van der Waals surface area contributed by atoms with E-state index < -0.39 is 0 Å². The Morgan fingerprint density at radius 2 is 2.60 bits per heavy atom. The maximum atomic E-state index is 5.28. The highest BCUT2D eigenvalue weighted by Gasteiger charge is 1.89. The summed E-state index contributed by atoms with van der Waals surface area (Å²) in [5, 5.41) is 9.69. The van der Waals surface area contributed by atoms with Crippen molar-refractivity contribution in [2.24, 2.45) is 5.73 Å². The maximum Gasteiger partial charge on any atom is 0.0532 e. The van der Waals surface area contributed by atoms with Crippen LogP contribution in [0, 0.1) is 0 Å². The molecule has 0 aliphatic carbocycles. The Hall–Kier alpha value is -0.870. The van der Waals surface area contributed by atoms with Crippen molar-refractivity contribution in [2.75, 3.05) is 13.1 Å². The Bertz CT molecular complexity index is 158. The standard InChI is InChI=1S/C6H12N4/c7-1-2-8-3-6-4-9-10-5-6/h4-5,8H,1-3,7H2,(H,9,10). The monoisotopic (exact) mass is 140 g/mol. The number of nitrogens with two attached hydrogens (primary N) is 1. The highest BCUT2D eigenvalue weighted by Crippen LogP contribution is 1.90. The van der Waals surface area contributed by atoms with E-state index in [9.17, 15) is 0 Å². The highest BCUT2D eigenvalue weighted by molar-refractivity contribution is 5.01. The van der Waals surface area contributed by atoms with Gasteiger partial charge in [0.25, 0.3) is 0 Å². The molecule has 0 aliphatic heterocycles. The van der Waals surface area contributed by atoms with Gasteiger partial charge in [-0.05, 0) is 0 Å². The van der Waals surface area contributed by atoms with Gasteiger partial charge in [0.05, 0.1) is 6.20 Å². The van der Waals surface area contributed by atoms with Crippen molar-refractivity contribution in [3.8, 4) is 0 Å². The van der Waals surface area contributed by atoms with Crippen LogP contribution in [0.25, 0.3) is 0 Å². The Morgan fingerprint density at radius 3 is 3.20 bits per heavy atom. The van der Waals surface area contributed by atoms with Crippen molar-refractivity contribution >= 4 is 0 Å². The minimum Gasteiger partial charge on any atom is -0.329 e. The van der Waals surface area contributed by atoms with E-state index in [1.807, 2.05) is 6.20 Å². The number of hydrogen-bond donors (Lipinski definition) is 3. The third kappa shape index (κ3) is 2.16. The zero-order valence-electron chi connectivity index (χ0n) is 5.80. The zero-order valence-corrected chi connectivity index (χ0v) is 5.80. The summed E-state index contributed by atoms with van der Waals surface area (Å²) < 4.78 is 0. The summed E-state index contributed by atoms with van der Waals surface area (Å²) in [6.07, 6.45) is 3.66. The lowest BCUT2D eigenvalue weighted by Gasteiger charge is -1.97. The molecule has 0 bridgehead atoms. The van der Waals surface area contributed by atoms with Crippen LogP contribution >= 0.6 is 0 Å². The summed E-state index contributed by atoms with van der Waals surface area (Å²) in [6, 6.07) is 0. The van der Waals surface area contributed by atoms with Crippen LogP contribution < -0.4 is 11.1 Å². The Balaban J connectivity index is 2.15. The predicted octanol–water partition coefficient (Wildman–Crippen LogP) is -0.542. The first-order valence-corrected chi connectivity index (χ1v) is 3.32. The molecule has 0 spiro atoms. The van der Waals surface area contributed by atoms with Gasteiger partial charge in [0, 0.05) is 31.4 Å². The Morgan fingerprint density at radius 1 is 1.70 bits per heavy atom. The number of rotatable bonds is 4. The molecule has 56 valence electrons. The largest absolute Gasteiger partial charge is 0.329 e. The number of nitrogens with one attached hydrogen (secondary N) is 2. The molecule has 0 unspecified atom stereocenters. The molecule has 1 aromatic rings. The van der Waals surface area contributed by atoms with Crippen molar-refractivity contribution in [3.05, 3.63) is 18.0 Å². The van der Waals surface area contributed by atoms with E-state index in [-0.39, 0.29) is 0 Å². The van der Waals surface area contributed by atoms with Gasteiger partial charge in [-0.25, -0.2) is 0 Å². The van der Waals surface area contributed by atoms with E-state index in [1.165, 1.54) is 0 Å². The van der Waals surface area contributed by atoms with Gasteiger partial charge in [0.2, 0.25) is 0 Å². The summed E-state index contributed by atoms with van der Waals surface area (Å²) in [6.45, 7) is 2.37. The molecular formula is C6H12N4. The van der Waals surface area contributed by atoms with Crippen LogP contribution in [-0.4, -0.2) is 23.3 Å². The number of aromatic nitrogens is 2. The Labute approximate surface area is 59.8 Å². The van der Waals surface area contributed by atoms with Crippen molar-refractivity contribution in [2.45, 2.75) is 6.54 Å². The second-order valence-corrected chi connectivity index (χ2v) is 2.07.